The Labute approximate surface area is 75.0 Å². The van der Waals surface area contributed by atoms with Crippen LogP contribution in [0.3, 0.4) is 0 Å². The van der Waals surface area contributed by atoms with Gasteiger partial charge in [-0.3, -0.25) is 4.79 Å². The van der Waals surface area contributed by atoms with Gasteiger partial charge in [0.15, 0.2) is 0 Å². The van der Waals surface area contributed by atoms with Crippen LogP contribution in [0.1, 0.15) is 46.0 Å². The number of hydrogen-bond donors (Lipinski definition) is 1. The Morgan fingerprint density at radius 1 is 1.33 bits per heavy atom. The molecule has 2 unspecified atom stereocenters. The highest BCUT2D eigenvalue weighted by Crippen LogP contribution is 2.13. The first-order valence-electron chi connectivity index (χ1n) is 4.76. The highest BCUT2D eigenvalue weighted by Gasteiger charge is 2.08. The number of unbranched alkanes of at least 4 members (excludes halogenated alkanes) is 1. The summed E-state index contributed by atoms with van der Waals surface area (Å²) in [6.07, 6.45) is 6.36. The summed E-state index contributed by atoms with van der Waals surface area (Å²) >= 11 is 0. The lowest BCUT2D eigenvalue weighted by Crippen LogP contribution is -2.07. The first kappa shape index (κ1) is 11.6. The SMILES string of the molecule is CCCCC([C]=O)CCC(C)O. The summed E-state index contributed by atoms with van der Waals surface area (Å²) in [7, 11) is 0. The van der Waals surface area contributed by atoms with Gasteiger partial charge in [0.1, 0.15) is 0 Å². The van der Waals surface area contributed by atoms with Gasteiger partial charge in [0, 0.05) is 5.92 Å². The van der Waals surface area contributed by atoms with Crippen molar-refractivity contribution in [2.45, 2.75) is 52.1 Å². The summed E-state index contributed by atoms with van der Waals surface area (Å²) in [4.78, 5) is 10.4. The van der Waals surface area contributed by atoms with Crippen LogP contribution in [-0.2, 0) is 4.79 Å². The summed E-state index contributed by atoms with van der Waals surface area (Å²) in [6, 6.07) is 0. The number of hydrogen-bond acceptors (Lipinski definition) is 2. The molecule has 0 saturated carbocycles. The summed E-state index contributed by atoms with van der Waals surface area (Å²) in [5.74, 6) is 0.0412. The van der Waals surface area contributed by atoms with Crippen LogP contribution in [0.25, 0.3) is 0 Å². The molecular weight excluding hydrogens is 152 g/mol. The third-order valence-corrected chi connectivity index (χ3v) is 2.01. The van der Waals surface area contributed by atoms with Gasteiger partial charge in [0.2, 0.25) is 6.29 Å². The smallest absolute Gasteiger partial charge is 0.201 e. The minimum absolute atomic E-state index is 0.0412. The Morgan fingerprint density at radius 3 is 2.42 bits per heavy atom. The lowest BCUT2D eigenvalue weighted by Gasteiger charge is -2.09. The lowest BCUT2D eigenvalue weighted by molar-refractivity contribution is 0.176. The molecule has 12 heavy (non-hydrogen) atoms. The molecule has 1 N–H and O–H groups in total. The zero-order chi connectivity index (χ0) is 9.40. The molecule has 1 radical (unpaired) electrons. The molecule has 0 aliphatic carbocycles. The number of rotatable bonds is 7. The predicted molar refractivity (Wildman–Crippen MR) is 49.6 cm³/mol. The molecule has 71 valence electrons. The van der Waals surface area contributed by atoms with Gasteiger partial charge < -0.3 is 5.11 Å². The van der Waals surface area contributed by atoms with Crippen LogP contribution in [0.5, 0.6) is 0 Å². The second kappa shape index (κ2) is 7.29. The largest absolute Gasteiger partial charge is 0.393 e. The van der Waals surface area contributed by atoms with Gasteiger partial charge in [-0.2, -0.15) is 0 Å². The molecule has 2 nitrogen and oxygen atoms in total. The average molecular weight is 171 g/mol. The molecule has 0 spiro atoms. The molecule has 0 heterocycles. The maximum atomic E-state index is 10.4. The van der Waals surface area contributed by atoms with Crippen LogP contribution in [0, 0.1) is 5.92 Å². The average Bonchev–Trinajstić information content (AvgIpc) is 2.05. The maximum absolute atomic E-state index is 10.4. The van der Waals surface area contributed by atoms with Crippen molar-refractivity contribution in [1.29, 1.82) is 0 Å². The molecule has 2 atom stereocenters. The van der Waals surface area contributed by atoms with Gasteiger partial charge in [0.05, 0.1) is 6.10 Å². The number of aliphatic hydroxyl groups excluding tert-OH is 1. The Balaban J connectivity index is 3.46. The summed E-state index contributed by atoms with van der Waals surface area (Å²) < 4.78 is 0. The molecule has 0 aromatic carbocycles. The molecule has 0 aliphatic rings. The fraction of sp³-hybridized carbons (Fsp3) is 0.900. The lowest BCUT2D eigenvalue weighted by atomic mass is 9.97. The van der Waals surface area contributed by atoms with Crippen LogP contribution < -0.4 is 0 Å². The van der Waals surface area contributed by atoms with E-state index in [1.807, 2.05) is 6.29 Å². The molecule has 0 bridgehead atoms. The second-order valence-electron chi connectivity index (χ2n) is 3.38. The highest BCUT2D eigenvalue weighted by atomic mass is 16.3. The minimum Gasteiger partial charge on any atom is -0.393 e. The molecule has 0 aromatic rings. The molecule has 0 amide bonds. The van der Waals surface area contributed by atoms with Gasteiger partial charge in [-0.1, -0.05) is 19.8 Å². The van der Waals surface area contributed by atoms with Crippen molar-refractivity contribution in [3.8, 4) is 0 Å². The highest BCUT2D eigenvalue weighted by molar-refractivity contribution is 5.54. The molecule has 0 rings (SSSR count). The van der Waals surface area contributed by atoms with E-state index in [1.54, 1.807) is 6.92 Å². The van der Waals surface area contributed by atoms with E-state index in [1.165, 1.54) is 0 Å². The molecule has 0 fully saturated rings. The summed E-state index contributed by atoms with van der Waals surface area (Å²) in [5.41, 5.74) is 0. The molecule has 0 aliphatic heterocycles. The Bertz CT molecular complexity index is 110. The molecule has 0 saturated heterocycles. The zero-order valence-corrected chi connectivity index (χ0v) is 8.05. The topological polar surface area (TPSA) is 37.3 Å². The van der Waals surface area contributed by atoms with E-state index >= 15 is 0 Å². The van der Waals surface area contributed by atoms with Crippen molar-refractivity contribution in [1.82, 2.24) is 0 Å². The zero-order valence-electron chi connectivity index (χ0n) is 8.05. The maximum Gasteiger partial charge on any atom is 0.201 e. The standard InChI is InChI=1S/C10H19O2/c1-3-4-5-10(8-11)7-6-9(2)12/h9-10,12H,3-7H2,1-2H3. The van der Waals surface area contributed by atoms with Crippen molar-refractivity contribution in [3.05, 3.63) is 0 Å². The van der Waals surface area contributed by atoms with Crippen molar-refractivity contribution in [2.24, 2.45) is 5.92 Å². The number of carbonyl (C=O) groups excluding carboxylic acids is 1. The molecular formula is C10H19O2. The predicted octanol–water partition coefficient (Wildman–Crippen LogP) is 2.06. The monoisotopic (exact) mass is 171 g/mol. The Morgan fingerprint density at radius 2 is 2.00 bits per heavy atom. The fourth-order valence-corrected chi connectivity index (χ4v) is 1.16. The quantitative estimate of drug-likeness (QED) is 0.636. The minimum atomic E-state index is -0.289. The van der Waals surface area contributed by atoms with E-state index in [0.29, 0.717) is 6.42 Å². The van der Waals surface area contributed by atoms with E-state index < -0.39 is 0 Å². The van der Waals surface area contributed by atoms with Crippen LogP contribution in [0.4, 0.5) is 0 Å². The Hall–Kier alpha value is -0.370. The first-order chi connectivity index (χ1) is 5.70. The molecule has 0 aromatic heterocycles. The fourth-order valence-electron chi connectivity index (χ4n) is 1.16. The number of aliphatic hydroxyl groups is 1. The van der Waals surface area contributed by atoms with E-state index in [-0.39, 0.29) is 12.0 Å². The normalized spacial score (nSPS) is 15.6. The first-order valence-corrected chi connectivity index (χ1v) is 4.76. The molecule has 2 heteroatoms. The van der Waals surface area contributed by atoms with Crippen molar-refractivity contribution in [2.75, 3.05) is 0 Å². The summed E-state index contributed by atoms with van der Waals surface area (Å²) in [6.45, 7) is 3.86. The van der Waals surface area contributed by atoms with Gasteiger partial charge in [0.25, 0.3) is 0 Å². The summed E-state index contributed by atoms with van der Waals surface area (Å²) in [5, 5.41) is 8.99. The Kier molecular flexibility index (Phi) is 7.06. The van der Waals surface area contributed by atoms with E-state index in [2.05, 4.69) is 6.92 Å². The van der Waals surface area contributed by atoms with Gasteiger partial charge >= 0.3 is 0 Å². The van der Waals surface area contributed by atoms with Crippen molar-refractivity contribution < 1.29 is 9.90 Å². The van der Waals surface area contributed by atoms with Crippen LogP contribution in [-0.4, -0.2) is 17.5 Å². The van der Waals surface area contributed by atoms with E-state index in [9.17, 15) is 4.79 Å². The van der Waals surface area contributed by atoms with Crippen LogP contribution in [0.2, 0.25) is 0 Å². The van der Waals surface area contributed by atoms with Crippen molar-refractivity contribution >= 4 is 6.29 Å². The third-order valence-electron chi connectivity index (χ3n) is 2.01. The second-order valence-corrected chi connectivity index (χ2v) is 3.38. The van der Waals surface area contributed by atoms with E-state index in [4.69, 9.17) is 5.11 Å². The van der Waals surface area contributed by atoms with Crippen LogP contribution >= 0.6 is 0 Å². The van der Waals surface area contributed by atoms with Gasteiger partial charge in [-0.15, -0.1) is 0 Å². The van der Waals surface area contributed by atoms with Gasteiger partial charge in [-0.05, 0) is 26.2 Å². The third kappa shape index (κ3) is 6.35. The van der Waals surface area contributed by atoms with Crippen LogP contribution in [0.15, 0.2) is 0 Å². The van der Waals surface area contributed by atoms with E-state index in [0.717, 1.165) is 25.7 Å². The van der Waals surface area contributed by atoms with Gasteiger partial charge in [-0.25, -0.2) is 0 Å². The van der Waals surface area contributed by atoms with Crippen molar-refractivity contribution in [3.63, 3.8) is 0 Å².